The first-order chi connectivity index (χ1) is 14.5. The quantitative estimate of drug-likeness (QED) is 0.725. The second kappa shape index (κ2) is 10.1. The molecule has 2 aromatic carbocycles. The van der Waals surface area contributed by atoms with E-state index in [4.69, 9.17) is 9.47 Å². The maximum Gasteiger partial charge on any atom is 0.242 e. The predicted molar refractivity (Wildman–Crippen MR) is 116 cm³/mol. The van der Waals surface area contributed by atoms with Gasteiger partial charge >= 0.3 is 0 Å². The second-order valence-electron chi connectivity index (χ2n) is 7.56. The van der Waals surface area contributed by atoms with Crippen molar-refractivity contribution in [1.29, 1.82) is 0 Å². The smallest absolute Gasteiger partial charge is 0.242 e. The van der Waals surface area contributed by atoms with Gasteiger partial charge < -0.3 is 19.7 Å². The molecule has 3 rings (SSSR count). The van der Waals surface area contributed by atoms with E-state index in [0.29, 0.717) is 39.1 Å². The molecule has 2 aromatic rings. The highest BCUT2D eigenvalue weighted by atomic mass is 16.6. The first-order valence-corrected chi connectivity index (χ1v) is 10.5. The molecule has 1 atom stereocenters. The first-order valence-electron chi connectivity index (χ1n) is 10.5. The Morgan fingerprint density at radius 2 is 1.83 bits per heavy atom. The van der Waals surface area contributed by atoms with Crippen LogP contribution in [0.4, 0.5) is 0 Å². The molecular formula is C24H30N2O4. The average Bonchev–Trinajstić information content (AvgIpc) is 2.75. The normalized spacial score (nSPS) is 13.4. The van der Waals surface area contributed by atoms with E-state index < -0.39 is 6.04 Å². The Kier molecular flexibility index (Phi) is 7.33. The van der Waals surface area contributed by atoms with Gasteiger partial charge in [-0.05, 0) is 50.5 Å². The predicted octanol–water partition coefficient (Wildman–Crippen LogP) is 3.25. The summed E-state index contributed by atoms with van der Waals surface area (Å²) in [5, 5.41) is 2.82. The molecule has 0 spiro atoms. The number of ether oxygens (including phenoxy) is 2. The van der Waals surface area contributed by atoms with Crippen LogP contribution in [0.5, 0.6) is 11.5 Å². The van der Waals surface area contributed by atoms with Crippen LogP contribution in [0.15, 0.2) is 42.5 Å². The summed E-state index contributed by atoms with van der Waals surface area (Å²) in [6, 6.07) is 13.3. The van der Waals surface area contributed by atoms with Crippen molar-refractivity contribution in [3.63, 3.8) is 0 Å². The Bertz CT molecular complexity index is 897. The third-order valence-corrected chi connectivity index (χ3v) is 5.19. The molecule has 6 nitrogen and oxygen atoms in total. The van der Waals surface area contributed by atoms with Crippen LogP contribution < -0.4 is 14.8 Å². The average molecular weight is 411 g/mol. The van der Waals surface area contributed by atoms with Gasteiger partial charge in [-0.2, -0.15) is 0 Å². The number of hydrogen-bond acceptors (Lipinski definition) is 4. The summed E-state index contributed by atoms with van der Waals surface area (Å²) in [5.41, 5.74) is 3.15. The number of amides is 2. The van der Waals surface area contributed by atoms with Crippen molar-refractivity contribution in [2.45, 2.75) is 46.2 Å². The van der Waals surface area contributed by atoms with E-state index in [2.05, 4.69) is 5.32 Å². The van der Waals surface area contributed by atoms with Crippen LogP contribution >= 0.6 is 0 Å². The van der Waals surface area contributed by atoms with Crippen molar-refractivity contribution in [2.75, 3.05) is 19.8 Å². The van der Waals surface area contributed by atoms with Gasteiger partial charge in [0.2, 0.25) is 11.8 Å². The third-order valence-electron chi connectivity index (χ3n) is 5.19. The summed E-state index contributed by atoms with van der Waals surface area (Å²) < 4.78 is 11.2. The minimum Gasteiger partial charge on any atom is -0.486 e. The molecule has 0 aliphatic carbocycles. The van der Waals surface area contributed by atoms with Gasteiger partial charge in [0.15, 0.2) is 11.5 Å². The van der Waals surface area contributed by atoms with Crippen LogP contribution in [0.1, 0.15) is 37.0 Å². The molecule has 30 heavy (non-hydrogen) atoms. The molecule has 0 bridgehead atoms. The lowest BCUT2D eigenvalue weighted by Crippen LogP contribution is -2.47. The molecule has 1 aliphatic heterocycles. The topological polar surface area (TPSA) is 67.9 Å². The fourth-order valence-corrected chi connectivity index (χ4v) is 3.55. The molecule has 0 saturated carbocycles. The van der Waals surface area contributed by atoms with Crippen molar-refractivity contribution in [3.05, 3.63) is 59.2 Å². The number of rotatable bonds is 8. The Morgan fingerprint density at radius 3 is 2.57 bits per heavy atom. The number of likely N-dealkylation sites (N-methyl/N-ethyl adjacent to an activating group) is 1. The first kappa shape index (κ1) is 21.7. The van der Waals surface area contributed by atoms with Gasteiger partial charge in [-0.3, -0.25) is 9.59 Å². The zero-order chi connectivity index (χ0) is 21.5. The summed E-state index contributed by atoms with van der Waals surface area (Å²) in [5.74, 6) is 1.27. The Morgan fingerprint density at radius 1 is 1.07 bits per heavy atom. The second-order valence-corrected chi connectivity index (χ2v) is 7.56. The molecular weight excluding hydrogens is 380 g/mol. The van der Waals surface area contributed by atoms with Crippen LogP contribution in [0.2, 0.25) is 0 Å². The summed E-state index contributed by atoms with van der Waals surface area (Å²) in [6.07, 6.45) is 0.886. The maximum atomic E-state index is 13.1. The van der Waals surface area contributed by atoms with Crippen molar-refractivity contribution in [2.24, 2.45) is 0 Å². The van der Waals surface area contributed by atoms with E-state index in [9.17, 15) is 9.59 Å². The summed E-state index contributed by atoms with van der Waals surface area (Å²) >= 11 is 0. The molecule has 1 aliphatic rings. The zero-order valence-corrected chi connectivity index (χ0v) is 17.9. The third kappa shape index (κ3) is 5.53. The zero-order valence-electron chi connectivity index (χ0n) is 17.9. The molecule has 1 N–H and O–H groups in total. The van der Waals surface area contributed by atoms with E-state index in [-0.39, 0.29) is 11.8 Å². The van der Waals surface area contributed by atoms with Crippen molar-refractivity contribution < 1.29 is 19.1 Å². The Labute approximate surface area is 178 Å². The minimum absolute atomic E-state index is 0.0508. The van der Waals surface area contributed by atoms with E-state index in [1.165, 1.54) is 0 Å². The summed E-state index contributed by atoms with van der Waals surface area (Å²) in [4.78, 5) is 27.2. The van der Waals surface area contributed by atoms with E-state index in [0.717, 1.165) is 28.2 Å². The van der Waals surface area contributed by atoms with Gasteiger partial charge in [0.25, 0.3) is 0 Å². The largest absolute Gasteiger partial charge is 0.486 e. The fraction of sp³-hybridized carbons (Fsp3) is 0.417. The lowest BCUT2D eigenvalue weighted by Gasteiger charge is -2.29. The summed E-state index contributed by atoms with van der Waals surface area (Å²) in [7, 11) is 0. The van der Waals surface area contributed by atoms with E-state index in [1.807, 2.05) is 56.3 Å². The lowest BCUT2D eigenvalue weighted by atomic mass is 10.1. The molecule has 6 heteroatoms. The van der Waals surface area contributed by atoms with E-state index >= 15 is 0 Å². The number of nitrogens with one attached hydrogen (secondary N) is 1. The van der Waals surface area contributed by atoms with Gasteiger partial charge in [0, 0.05) is 19.5 Å². The number of nitrogens with zero attached hydrogens (tertiary/aromatic N) is 1. The number of benzene rings is 2. The molecule has 1 heterocycles. The summed E-state index contributed by atoms with van der Waals surface area (Å²) in [6.45, 7) is 7.69. The monoisotopic (exact) mass is 410 g/mol. The van der Waals surface area contributed by atoms with Crippen molar-refractivity contribution >= 4 is 11.8 Å². The number of carbonyl (C=O) groups excluding carboxylic acids is 2. The SMILES string of the molecule is CCNC(=O)C(C)N(Cc1cccc(C)c1)C(=O)CCc1ccc2c(c1)OCCO2. The number of aryl methyl sites for hydroxylation is 2. The molecule has 0 fully saturated rings. The Hall–Kier alpha value is -3.02. The van der Waals surface area contributed by atoms with Crippen LogP contribution in [-0.4, -0.2) is 42.5 Å². The molecule has 160 valence electrons. The minimum atomic E-state index is -0.543. The van der Waals surface area contributed by atoms with Crippen LogP contribution in [-0.2, 0) is 22.6 Å². The highest BCUT2D eigenvalue weighted by Crippen LogP contribution is 2.31. The number of fused-ring (bicyclic) bond motifs is 1. The number of carbonyl (C=O) groups is 2. The number of hydrogen-bond donors (Lipinski definition) is 1. The molecule has 0 radical (unpaired) electrons. The molecule has 1 unspecified atom stereocenters. The van der Waals surface area contributed by atoms with Gasteiger partial charge in [-0.25, -0.2) is 0 Å². The molecule has 0 saturated heterocycles. The van der Waals surface area contributed by atoms with Gasteiger partial charge in [-0.1, -0.05) is 35.9 Å². The van der Waals surface area contributed by atoms with Gasteiger partial charge in [0.05, 0.1) is 0 Å². The highest BCUT2D eigenvalue weighted by molar-refractivity contribution is 5.87. The maximum absolute atomic E-state index is 13.1. The molecule has 0 aromatic heterocycles. The van der Waals surface area contributed by atoms with Crippen LogP contribution in [0.3, 0.4) is 0 Å². The van der Waals surface area contributed by atoms with E-state index in [1.54, 1.807) is 11.8 Å². The standard InChI is InChI=1S/C24H30N2O4/c1-4-25-24(28)18(3)26(16-20-7-5-6-17(2)14-20)23(27)11-9-19-8-10-21-22(15-19)30-13-12-29-21/h5-8,10,14-15,18H,4,9,11-13,16H2,1-3H3,(H,25,28). The van der Waals surface area contributed by atoms with Gasteiger partial charge in [-0.15, -0.1) is 0 Å². The van der Waals surface area contributed by atoms with Gasteiger partial charge in [0.1, 0.15) is 19.3 Å². The van der Waals surface area contributed by atoms with Crippen molar-refractivity contribution in [1.82, 2.24) is 10.2 Å². The molecule has 2 amide bonds. The van der Waals surface area contributed by atoms with Crippen molar-refractivity contribution in [3.8, 4) is 11.5 Å². The van der Waals surface area contributed by atoms with Crippen LogP contribution in [0, 0.1) is 6.92 Å². The van der Waals surface area contributed by atoms with Crippen LogP contribution in [0.25, 0.3) is 0 Å². The Balaban J connectivity index is 1.71. The fourth-order valence-electron chi connectivity index (χ4n) is 3.55. The lowest BCUT2D eigenvalue weighted by molar-refractivity contribution is -0.140. The highest BCUT2D eigenvalue weighted by Gasteiger charge is 2.25.